The lowest BCUT2D eigenvalue weighted by Gasteiger charge is -2.21. The summed E-state index contributed by atoms with van der Waals surface area (Å²) >= 11 is 3.45. The fraction of sp³-hybridized carbons (Fsp3) is 0.200. The topological polar surface area (TPSA) is 75.4 Å². The Hall–Kier alpha value is -2.60. The van der Waals surface area contributed by atoms with Crippen molar-refractivity contribution in [1.82, 2.24) is 0 Å². The van der Waals surface area contributed by atoms with Gasteiger partial charge in [-0.15, -0.1) is 0 Å². The molecule has 0 bridgehead atoms. The average Bonchev–Trinajstić information content (AvgIpc) is 3.15. The molecule has 1 heterocycles. The van der Waals surface area contributed by atoms with E-state index in [1.165, 1.54) is 6.08 Å². The van der Waals surface area contributed by atoms with Gasteiger partial charge in [-0.2, -0.15) is 0 Å². The summed E-state index contributed by atoms with van der Waals surface area (Å²) in [6.45, 7) is 1.87. The van der Waals surface area contributed by atoms with Crippen molar-refractivity contribution in [3.63, 3.8) is 0 Å². The number of halogens is 1. The Labute approximate surface area is 161 Å². The van der Waals surface area contributed by atoms with Crippen LogP contribution in [-0.2, 0) is 4.79 Å². The molecule has 26 heavy (non-hydrogen) atoms. The number of rotatable bonds is 5. The first kappa shape index (κ1) is 18.2. The number of amides is 2. The molecular formula is C20H20BrN3O2. The second-order valence-electron chi connectivity index (χ2n) is 6.13. The maximum atomic E-state index is 12.4. The van der Waals surface area contributed by atoms with Crippen molar-refractivity contribution in [1.29, 1.82) is 0 Å². The van der Waals surface area contributed by atoms with Crippen LogP contribution in [0.3, 0.4) is 0 Å². The summed E-state index contributed by atoms with van der Waals surface area (Å²) in [5.74, 6) is -0.778. The van der Waals surface area contributed by atoms with Gasteiger partial charge in [0.1, 0.15) is 0 Å². The van der Waals surface area contributed by atoms with Gasteiger partial charge in [0, 0.05) is 29.2 Å². The van der Waals surface area contributed by atoms with Crippen molar-refractivity contribution in [2.75, 3.05) is 23.3 Å². The maximum absolute atomic E-state index is 12.4. The molecule has 0 aliphatic carbocycles. The third kappa shape index (κ3) is 4.32. The highest BCUT2D eigenvalue weighted by atomic mass is 79.9. The van der Waals surface area contributed by atoms with Crippen molar-refractivity contribution >= 4 is 45.2 Å². The van der Waals surface area contributed by atoms with E-state index in [1.807, 2.05) is 30.3 Å². The predicted octanol–water partition coefficient (Wildman–Crippen LogP) is 3.80. The molecule has 1 aliphatic heterocycles. The van der Waals surface area contributed by atoms with Crippen LogP contribution in [0.25, 0.3) is 6.08 Å². The van der Waals surface area contributed by atoms with Gasteiger partial charge in [-0.1, -0.05) is 34.1 Å². The van der Waals surface area contributed by atoms with Gasteiger partial charge in [0.15, 0.2) is 0 Å². The van der Waals surface area contributed by atoms with E-state index in [-0.39, 0.29) is 5.91 Å². The van der Waals surface area contributed by atoms with Gasteiger partial charge >= 0.3 is 0 Å². The van der Waals surface area contributed by atoms with Gasteiger partial charge in [0.05, 0.1) is 11.4 Å². The van der Waals surface area contributed by atoms with E-state index in [9.17, 15) is 9.59 Å². The third-order valence-corrected chi connectivity index (χ3v) is 5.03. The monoisotopic (exact) mass is 413 g/mol. The second kappa shape index (κ2) is 8.19. The average molecular weight is 414 g/mol. The first-order valence-electron chi connectivity index (χ1n) is 8.47. The van der Waals surface area contributed by atoms with Gasteiger partial charge in [-0.05, 0) is 48.7 Å². The minimum atomic E-state index is -0.516. The number of hydrogen-bond donors (Lipinski definition) is 2. The van der Waals surface area contributed by atoms with E-state index in [2.05, 4.69) is 26.1 Å². The molecule has 3 rings (SSSR count). The molecule has 6 heteroatoms. The van der Waals surface area contributed by atoms with Crippen molar-refractivity contribution in [3.05, 3.63) is 64.1 Å². The Morgan fingerprint density at radius 1 is 1.12 bits per heavy atom. The molecule has 0 atom stereocenters. The van der Waals surface area contributed by atoms with Gasteiger partial charge < -0.3 is 16.0 Å². The summed E-state index contributed by atoms with van der Waals surface area (Å²) in [7, 11) is 0. The van der Waals surface area contributed by atoms with E-state index in [0.717, 1.165) is 41.7 Å². The second-order valence-corrected chi connectivity index (χ2v) is 6.99. The largest absolute Gasteiger partial charge is 0.370 e. The standard InChI is InChI=1S/C20H20BrN3O2/c21-16-6-2-1-5-14(16)8-10-19(25)23-17-13-15(20(22)26)7-9-18(17)24-11-3-4-12-24/h1-2,5-10,13H,3-4,11-12H2,(H2,22,26)(H,23,25)/b10-8+. The predicted molar refractivity (Wildman–Crippen MR) is 108 cm³/mol. The molecular weight excluding hydrogens is 394 g/mol. The molecule has 2 aromatic rings. The molecule has 1 saturated heterocycles. The lowest BCUT2D eigenvalue weighted by Crippen LogP contribution is -2.21. The summed E-state index contributed by atoms with van der Waals surface area (Å²) in [4.78, 5) is 26.1. The van der Waals surface area contributed by atoms with Crippen LogP contribution in [0.2, 0.25) is 0 Å². The Bertz CT molecular complexity index is 858. The fourth-order valence-electron chi connectivity index (χ4n) is 2.97. The molecule has 0 spiro atoms. The Morgan fingerprint density at radius 3 is 2.54 bits per heavy atom. The molecule has 1 fully saturated rings. The van der Waals surface area contributed by atoms with Crippen LogP contribution in [0, 0.1) is 0 Å². The summed E-state index contributed by atoms with van der Waals surface area (Å²) < 4.78 is 0.914. The van der Waals surface area contributed by atoms with E-state index in [1.54, 1.807) is 18.2 Å². The summed E-state index contributed by atoms with van der Waals surface area (Å²) in [5.41, 5.74) is 8.18. The van der Waals surface area contributed by atoms with Gasteiger partial charge in [-0.25, -0.2) is 0 Å². The zero-order valence-electron chi connectivity index (χ0n) is 14.2. The zero-order valence-corrected chi connectivity index (χ0v) is 15.8. The third-order valence-electron chi connectivity index (χ3n) is 4.31. The smallest absolute Gasteiger partial charge is 0.248 e. The molecule has 2 amide bonds. The number of nitrogens with one attached hydrogen (secondary N) is 1. The van der Waals surface area contributed by atoms with Gasteiger partial charge in [-0.3, -0.25) is 9.59 Å². The van der Waals surface area contributed by atoms with Crippen LogP contribution in [0.4, 0.5) is 11.4 Å². The van der Waals surface area contributed by atoms with E-state index >= 15 is 0 Å². The molecule has 0 saturated carbocycles. The number of benzene rings is 2. The normalized spacial score (nSPS) is 14.0. The van der Waals surface area contributed by atoms with Crippen LogP contribution >= 0.6 is 15.9 Å². The number of carbonyl (C=O) groups excluding carboxylic acids is 2. The zero-order chi connectivity index (χ0) is 18.5. The van der Waals surface area contributed by atoms with E-state index in [0.29, 0.717) is 11.3 Å². The van der Waals surface area contributed by atoms with E-state index in [4.69, 9.17) is 5.73 Å². The maximum Gasteiger partial charge on any atom is 0.248 e. The Balaban J connectivity index is 1.82. The molecule has 0 radical (unpaired) electrons. The van der Waals surface area contributed by atoms with Crippen LogP contribution < -0.4 is 16.0 Å². The number of primary amides is 1. The molecule has 3 N–H and O–H groups in total. The molecule has 2 aromatic carbocycles. The highest BCUT2D eigenvalue weighted by molar-refractivity contribution is 9.10. The molecule has 134 valence electrons. The summed E-state index contributed by atoms with van der Waals surface area (Å²) in [6, 6.07) is 12.8. The Kier molecular flexibility index (Phi) is 5.73. The lowest BCUT2D eigenvalue weighted by molar-refractivity contribution is -0.111. The van der Waals surface area contributed by atoms with Crippen molar-refractivity contribution in [2.45, 2.75) is 12.8 Å². The van der Waals surface area contributed by atoms with Crippen LogP contribution in [-0.4, -0.2) is 24.9 Å². The first-order valence-corrected chi connectivity index (χ1v) is 9.26. The molecule has 0 unspecified atom stereocenters. The fourth-order valence-corrected chi connectivity index (χ4v) is 3.39. The van der Waals surface area contributed by atoms with Gasteiger partial charge in [0.25, 0.3) is 0 Å². The van der Waals surface area contributed by atoms with Crippen molar-refractivity contribution < 1.29 is 9.59 Å². The summed E-state index contributed by atoms with van der Waals surface area (Å²) in [5, 5.41) is 2.88. The van der Waals surface area contributed by atoms with Crippen LogP contribution in [0.15, 0.2) is 53.0 Å². The van der Waals surface area contributed by atoms with E-state index < -0.39 is 5.91 Å². The lowest BCUT2D eigenvalue weighted by atomic mass is 10.1. The minimum Gasteiger partial charge on any atom is -0.370 e. The van der Waals surface area contributed by atoms with Gasteiger partial charge in [0.2, 0.25) is 11.8 Å². The van der Waals surface area contributed by atoms with Crippen LogP contribution in [0.1, 0.15) is 28.8 Å². The van der Waals surface area contributed by atoms with Crippen LogP contribution in [0.5, 0.6) is 0 Å². The molecule has 5 nitrogen and oxygen atoms in total. The number of nitrogens with two attached hydrogens (primary N) is 1. The number of nitrogens with zero attached hydrogens (tertiary/aromatic N) is 1. The number of hydrogen-bond acceptors (Lipinski definition) is 3. The number of carbonyl (C=O) groups is 2. The van der Waals surface area contributed by atoms with Crippen molar-refractivity contribution in [3.8, 4) is 0 Å². The highest BCUT2D eigenvalue weighted by Gasteiger charge is 2.18. The summed E-state index contributed by atoms with van der Waals surface area (Å²) in [6.07, 6.45) is 5.46. The SMILES string of the molecule is NC(=O)c1ccc(N2CCCC2)c(NC(=O)/C=C/c2ccccc2Br)c1. The molecule has 1 aliphatic rings. The quantitative estimate of drug-likeness (QED) is 0.731. The number of anilines is 2. The first-order chi connectivity index (χ1) is 12.5. The van der Waals surface area contributed by atoms with Crippen molar-refractivity contribution in [2.24, 2.45) is 5.73 Å². The minimum absolute atomic E-state index is 0.261. The Morgan fingerprint density at radius 2 is 1.85 bits per heavy atom. The highest BCUT2D eigenvalue weighted by Crippen LogP contribution is 2.30. The molecule has 0 aromatic heterocycles.